The molecule has 2 aromatic heterocycles. The first-order valence-electron chi connectivity index (χ1n) is 5.88. The molecule has 0 amide bonds. The Balaban J connectivity index is 1.83. The molecular formula is C11H13N5O2S. The summed E-state index contributed by atoms with van der Waals surface area (Å²) in [5, 5.41) is 7.30. The van der Waals surface area contributed by atoms with Gasteiger partial charge in [0.2, 0.25) is 17.6 Å². The standard InChI is InChI=1S/C11H13N5O2S/c1-17-9-4-7(13-6-14-9)10-15-11(18-16-10)8-5-19-3-2-12-8/h4,6,8,12H,2-3,5H2,1H3. The molecule has 8 heteroatoms. The van der Waals surface area contributed by atoms with E-state index in [1.807, 2.05) is 11.8 Å². The fraction of sp³-hybridized carbons (Fsp3) is 0.455. The Hall–Kier alpha value is -1.67. The zero-order chi connectivity index (χ0) is 13.1. The Bertz CT molecular complexity index is 556. The van der Waals surface area contributed by atoms with Crippen molar-refractivity contribution < 1.29 is 9.26 Å². The maximum Gasteiger partial charge on any atom is 0.244 e. The van der Waals surface area contributed by atoms with Gasteiger partial charge in [0.05, 0.1) is 13.2 Å². The largest absolute Gasteiger partial charge is 0.481 e. The van der Waals surface area contributed by atoms with Crippen LogP contribution in [0.5, 0.6) is 5.88 Å². The highest BCUT2D eigenvalue weighted by atomic mass is 32.2. The lowest BCUT2D eigenvalue weighted by molar-refractivity contribution is 0.342. The van der Waals surface area contributed by atoms with Gasteiger partial charge in [0.25, 0.3) is 0 Å². The second-order valence-corrected chi connectivity index (χ2v) is 5.13. The van der Waals surface area contributed by atoms with E-state index in [0.29, 0.717) is 23.3 Å². The van der Waals surface area contributed by atoms with E-state index < -0.39 is 0 Å². The van der Waals surface area contributed by atoms with Crippen LogP contribution in [0.25, 0.3) is 11.5 Å². The van der Waals surface area contributed by atoms with Crippen molar-refractivity contribution in [2.75, 3.05) is 25.2 Å². The lowest BCUT2D eigenvalue weighted by atomic mass is 10.3. The normalized spacial score (nSPS) is 19.3. The van der Waals surface area contributed by atoms with Crippen LogP contribution < -0.4 is 10.1 Å². The fourth-order valence-corrected chi connectivity index (χ4v) is 2.70. The molecule has 19 heavy (non-hydrogen) atoms. The van der Waals surface area contributed by atoms with Crippen molar-refractivity contribution in [1.82, 2.24) is 25.4 Å². The summed E-state index contributed by atoms with van der Waals surface area (Å²) in [5.41, 5.74) is 0.588. The van der Waals surface area contributed by atoms with Crippen LogP contribution in [0.2, 0.25) is 0 Å². The second kappa shape index (κ2) is 5.54. The van der Waals surface area contributed by atoms with E-state index in [2.05, 4.69) is 25.4 Å². The number of methoxy groups -OCH3 is 1. The van der Waals surface area contributed by atoms with Gasteiger partial charge in [-0.2, -0.15) is 16.7 Å². The molecule has 1 aliphatic heterocycles. The first-order chi connectivity index (χ1) is 9.36. The molecular weight excluding hydrogens is 266 g/mol. The van der Waals surface area contributed by atoms with Gasteiger partial charge in [0.1, 0.15) is 12.0 Å². The molecule has 0 aliphatic carbocycles. The van der Waals surface area contributed by atoms with Gasteiger partial charge in [-0.1, -0.05) is 5.16 Å². The minimum absolute atomic E-state index is 0.115. The number of aromatic nitrogens is 4. The number of rotatable bonds is 3. The highest BCUT2D eigenvalue weighted by molar-refractivity contribution is 7.99. The number of nitrogens with one attached hydrogen (secondary N) is 1. The van der Waals surface area contributed by atoms with Gasteiger partial charge in [0, 0.05) is 24.1 Å². The summed E-state index contributed by atoms with van der Waals surface area (Å²) in [5.74, 6) is 3.57. The van der Waals surface area contributed by atoms with Crippen molar-refractivity contribution in [3.8, 4) is 17.4 Å². The van der Waals surface area contributed by atoms with Crippen LogP contribution >= 0.6 is 11.8 Å². The Morgan fingerprint density at radius 1 is 1.47 bits per heavy atom. The minimum atomic E-state index is 0.115. The number of ether oxygens (including phenoxy) is 1. The summed E-state index contributed by atoms with van der Waals surface area (Å²) in [4.78, 5) is 12.4. The number of nitrogens with zero attached hydrogens (tertiary/aromatic N) is 4. The Morgan fingerprint density at radius 3 is 3.21 bits per heavy atom. The highest BCUT2D eigenvalue weighted by Crippen LogP contribution is 2.23. The van der Waals surface area contributed by atoms with Gasteiger partial charge in [-0.05, 0) is 0 Å². The Labute approximate surface area is 114 Å². The third-order valence-corrected chi connectivity index (χ3v) is 3.80. The molecule has 1 fully saturated rings. The monoisotopic (exact) mass is 279 g/mol. The molecule has 1 saturated heterocycles. The molecule has 1 unspecified atom stereocenters. The fourth-order valence-electron chi connectivity index (χ4n) is 1.78. The van der Waals surface area contributed by atoms with E-state index in [4.69, 9.17) is 9.26 Å². The van der Waals surface area contributed by atoms with Crippen molar-refractivity contribution >= 4 is 11.8 Å². The summed E-state index contributed by atoms with van der Waals surface area (Å²) in [6.07, 6.45) is 1.42. The third-order valence-electron chi connectivity index (χ3n) is 2.74. The summed E-state index contributed by atoms with van der Waals surface area (Å²) >= 11 is 1.87. The topological polar surface area (TPSA) is 86.0 Å². The van der Waals surface area contributed by atoms with E-state index in [1.54, 1.807) is 13.2 Å². The molecule has 0 bridgehead atoms. The van der Waals surface area contributed by atoms with E-state index >= 15 is 0 Å². The number of hydrogen-bond acceptors (Lipinski definition) is 8. The molecule has 0 saturated carbocycles. The van der Waals surface area contributed by atoms with Crippen LogP contribution in [0.1, 0.15) is 11.9 Å². The number of thioether (sulfide) groups is 1. The maximum absolute atomic E-state index is 5.29. The van der Waals surface area contributed by atoms with Crippen LogP contribution in [-0.4, -0.2) is 45.3 Å². The smallest absolute Gasteiger partial charge is 0.244 e. The molecule has 1 atom stereocenters. The Kier molecular flexibility index (Phi) is 3.60. The quantitative estimate of drug-likeness (QED) is 0.887. The minimum Gasteiger partial charge on any atom is -0.481 e. The van der Waals surface area contributed by atoms with E-state index in [9.17, 15) is 0 Å². The van der Waals surface area contributed by atoms with Crippen molar-refractivity contribution in [2.24, 2.45) is 0 Å². The van der Waals surface area contributed by atoms with Gasteiger partial charge in [-0.15, -0.1) is 0 Å². The van der Waals surface area contributed by atoms with Crippen molar-refractivity contribution in [1.29, 1.82) is 0 Å². The van der Waals surface area contributed by atoms with Crippen LogP contribution in [-0.2, 0) is 0 Å². The van der Waals surface area contributed by atoms with E-state index in [-0.39, 0.29) is 6.04 Å². The summed E-state index contributed by atoms with van der Waals surface area (Å²) in [6.45, 7) is 0.953. The SMILES string of the molecule is COc1cc(-c2noc(C3CSCCN3)n2)ncn1. The number of hydrogen-bond donors (Lipinski definition) is 1. The second-order valence-electron chi connectivity index (χ2n) is 3.98. The predicted octanol–water partition coefficient (Wildman–Crippen LogP) is 0.913. The van der Waals surface area contributed by atoms with Crippen molar-refractivity contribution in [2.45, 2.75) is 6.04 Å². The molecule has 0 radical (unpaired) electrons. The molecule has 2 aromatic rings. The molecule has 1 aliphatic rings. The van der Waals surface area contributed by atoms with Gasteiger partial charge in [0.15, 0.2) is 0 Å². The molecule has 0 aromatic carbocycles. The van der Waals surface area contributed by atoms with E-state index in [0.717, 1.165) is 18.1 Å². The lowest BCUT2D eigenvalue weighted by Crippen LogP contribution is -2.30. The maximum atomic E-state index is 5.29. The van der Waals surface area contributed by atoms with Crippen molar-refractivity contribution in [3.05, 3.63) is 18.3 Å². The van der Waals surface area contributed by atoms with Gasteiger partial charge < -0.3 is 14.6 Å². The first kappa shape index (κ1) is 12.4. The van der Waals surface area contributed by atoms with Gasteiger partial charge >= 0.3 is 0 Å². The van der Waals surface area contributed by atoms with Crippen molar-refractivity contribution in [3.63, 3.8) is 0 Å². The lowest BCUT2D eigenvalue weighted by Gasteiger charge is -2.19. The molecule has 7 nitrogen and oxygen atoms in total. The zero-order valence-electron chi connectivity index (χ0n) is 10.4. The first-order valence-corrected chi connectivity index (χ1v) is 7.03. The average Bonchev–Trinajstić information content (AvgIpc) is 2.98. The molecule has 1 N–H and O–H groups in total. The van der Waals surface area contributed by atoms with Crippen LogP contribution in [0.3, 0.4) is 0 Å². The molecule has 3 rings (SSSR count). The van der Waals surface area contributed by atoms with E-state index in [1.165, 1.54) is 6.33 Å². The molecule has 100 valence electrons. The molecule has 0 spiro atoms. The van der Waals surface area contributed by atoms with Gasteiger partial charge in [-0.25, -0.2) is 9.97 Å². The van der Waals surface area contributed by atoms with Crippen LogP contribution in [0.4, 0.5) is 0 Å². The molecule has 3 heterocycles. The van der Waals surface area contributed by atoms with Crippen LogP contribution in [0, 0.1) is 0 Å². The predicted molar refractivity (Wildman–Crippen MR) is 69.9 cm³/mol. The average molecular weight is 279 g/mol. The summed E-state index contributed by atoms with van der Waals surface area (Å²) in [7, 11) is 1.55. The summed E-state index contributed by atoms with van der Waals surface area (Å²) in [6, 6.07) is 1.79. The summed E-state index contributed by atoms with van der Waals surface area (Å²) < 4.78 is 10.3. The van der Waals surface area contributed by atoms with Crippen LogP contribution in [0.15, 0.2) is 16.9 Å². The highest BCUT2D eigenvalue weighted by Gasteiger charge is 2.22. The third kappa shape index (κ3) is 2.69. The zero-order valence-corrected chi connectivity index (χ0v) is 11.2. The Morgan fingerprint density at radius 2 is 2.42 bits per heavy atom. The van der Waals surface area contributed by atoms with Gasteiger partial charge in [-0.3, -0.25) is 0 Å².